The van der Waals surface area contributed by atoms with Gasteiger partial charge in [0.25, 0.3) is 0 Å². The highest BCUT2D eigenvalue weighted by Gasteiger charge is 2.16. The fraction of sp³-hybridized carbons (Fsp3) is 0.533. The average molecular weight is 264 g/mol. The van der Waals surface area contributed by atoms with Crippen LogP contribution in [0.25, 0.3) is 0 Å². The van der Waals surface area contributed by atoms with Gasteiger partial charge in [-0.2, -0.15) is 5.26 Å². The van der Waals surface area contributed by atoms with Gasteiger partial charge in [-0.1, -0.05) is 6.07 Å². The minimum absolute atomic E-state index is 0.203. The Morgan fingerprint density at radius 1 is 1.47 bits per heavy atom. The standard InChI is InChI=1S/C15H21FN2O/c1-11(18)13-6-5-12(16)9-14(13)19-8-4-7-15(2,3)10-17/h5-6,9,11H,4,7-8,18H2,1-3H3. The third kappa shape index (κ3) is 4.88. The minimum Gasteiger partial charge on any atom is -0.493 e. The second-order valence-electron chi connectivity index (χ2n) is 5.42. The lowest BCUT2D eigenvalue weighted by Crippen LogP contribution is -2.12. The molecule has 0 bridgehead atoms. The third-order valence-electron chi connectivity index (χ3n) is 2.97. The summed E-state index contributed by atoms with van der Waals surface area (Å²) in [6.07, 6.45) is 1.49. The first-order valence-electron chi connectivity index (χ1n) is 6.45. The van der Waals surface area contributed by atoms with Crippen LogP contribution in [0, 0.1) is 22.6 Å². The first-order valence-corrected chi connectivity index (χ1v) is 6.45. The van der Waals surface area contributed by atoms with Crippen molar-refractivity contribution in [3.05, 3.63) is 29.6 Å². The lowest BCUT2D eigenvalue weighted by Gasteiger charge is -2.17. The van der Waals surface area contributed by atoms with Crippen molar-refractivity contribution in [1.82, 2.24) is 0 Å². The number of nitrogens with zero attached hydrogens (tertiary/aromatic N) is 1. The molecule has 3 nitrogen and oxygen atoms in total. The zero-order valence-electron chi connectivity index (χ0n) is 11.7. The van der Waals surface area contributed by atoms with Gasteiger partial charge in [-0.25, -0.2) is 4.39 Å². The second-order valence-corrected chi connectivity index (χ2v) is 5.42. The van der Waals surface area contributed by atoms with E-state index in [1.807, 2.05) is 20.8 Å². The van der Waals surface area contributed by atoms with Crippen molar-refractivity contribution in [2.24, 2.45) is 11.1 Å². The Morgan fingerprint density at radius 3 is 2.74 bits per heavy atom. The van der Waals surface area contributed by atoms with Crippen LogP contribution in [0.5, 0.6) is 5.75 Å². The molecule has 0 radical (unpaired) electrons. The highest BCUT2D eigenvalue weighted by molar-refractivity contribution is 5.36. The molecule has 4 heteroatoms. The summed E-state index contributed by atoms with van der Waals surface area (Å²) >= 11 is 0. The minimum atomic E-state index is -0.352. The van der Waals surface area contributed by atoms with Crippen LogP contribution in [0.1, 0.15) is 45.2 Å². The Bertz CT molecular complexity index is 464. The van der Waals surface area contributed by atoms with Crippen molar-refractivity contribution < 1.29 is 9.13 Å². The van der Waals surface area contributed by atoms with Gasteiger partial charge >= 0.3 is 0 Å². The number of hydrogen-bond donors (Lipinski definition) is 1. The Kier molecular flexibility index (Phi) is 5.31. The molecule has 104 valence electrons. The lowest BCUT2D eigenvalue weighted by atomic mass is 9.90. The molecule has 1 aromatic rings. The van der Waals surface area contributed by atoms with E-state index in [0.717, 1.165) is 18.4 Å². The van der Waals surface area contributed by atoms with E-state index in [9.17, 15) is 4.39 Å². The molecule has 0 heterocycles. The van der Waals surface area contributed by atoms with Crippen molar-refractivity contribution in [2.75, 3.05) is 6.61 Å². The van der Waals surface area contributed by atoms with Crippen LogP contribution in [0.2, 0.25) is 0 Å². The van der Waals surface area contributed by atoms with Crippen LogP contribution in [-0.2, 0) is 0 Å². The quantitative estimate of drug-likeness (QED) is 0.799. The van der Waals surface area contributed by atoms with Crippen LogP contribution in [-0.4, -0.2) is 6.61 Å². The number of hydrogen-bond acceptors (Lipinski definition) is 3. The summed E-state index contributed by atoms with van der Waals surface area (Å²) < 4.78 is 18.8. The van der Waals surface area contributed by atoms with Crippen molar-refractivity contribution >= 4 is 0 Å². The molecule has 1 rings (SSSR count). The normalized spacial score (nSPS) is 12.8. The van der Waals surface area contributed by atoms with E-state index in [1.165, 1.54) is 12.1 Å². The molecule has 0 aromatic heterocycles. The number of benzene rings is 1. The number of ether oxygens (including phenoxy) is 1. The van der Waals surface area contributed by atoms with Crippen LogP contribution in [0.4, 0.5) is 4.39 Å². The summed E-state index contributed by atoms with van der Waals surface area (Å²) in [5.41, 5.74) is 6.25. The largest absolute Gasteiger partial charge is 0.493 e. The topological polar surface area (TPSA) is 59.0 Å². The molecule has 19 heavy (non-hydrogen) atoms. The van der Waals surface area contributed by atoms with Crippen molar-refractivity contribution in [2.45, 2.75) is 39.7 Å². The summed E-state index contributed by atoms with van der Waals surface area (Å²) in [4.78, 5) is 0. The van der Waals surface area contributed by atoms with E-state index < -0.39 is 0 Å². The zero-order chi connectivity index (χ0) is 14.5. The number of rotatable bonds is 6. The number of nitriles is 1. The van der Waals surface area contributed by atoms with Crippen LogP contribution in [0.15, 0.2) is 18.2 Å². The molecule has 0 saturated carbocycles. The summed E-state index contributed by atoms with van der Waals surface area (Å²) in [5, 5.41) is 8.91. The maximum atomic E-state index is 13.2. The lowest BCUT2D eigenvalue weighted by molar-refractivity contribution is 0.280. The summed E-state index contributed by atoms with van der Waals surface area (Å²) in [6, 6.07) is 6.42. The highest BCUT2D eigenvalue weighted by Crippen LogP contribution is 2.26. The van der Waals surface area contributed by atoms with Gasteiger partial charge in [-0.15, -0.1) is 0 Å². The molecule has 0 aliphatic heterocycles. The summed E-state index contributed by atoms with van der Waals surface area (Å²) in [7, 11) is 0. The first kappa shape index (κ1) is 15.5. The Labute approximate surface area is 114 Å². The molecule has 2 N–H and O–H groups in total. The van der Waals surface area contributed by atoms with E-state index >= 15 is 0 Å². The van der Waals surface area contributed by atoms with Gasteiger partial charge in [-0.3, -0.25) is 0 Å². The fourth-order valence-corrected chi connectivity index (χ4v) is 1.76. The third-order valence-corrected chi connectivity index (χ3v) is 2.97. The van der Waals surface area contributed by atoms with Crippen LogP contribution < -0.4 is 10.5 Å². The predicted molar refractivity (Wildman–Crippen MR) is 73.1 cm³/mol. The molecule has 0 aliphatic carbocycles. The highest BCUT2D eigenvalue weighted by atomic mass is 19.1. The van der Waals surface area contributed by atoms with Crippen molar-refractivity contribution in [3.8, 4) is 11.8 Å². The molecular formula is C15H21FN2O. The van der Waals surface area contributed by atoms with Crippen LogP contribution in [0.3, 0.4) is 0 Å². The zero-order valence-corrected chi connectivity index (χ0v) is 11.7. The second kappa shape index (κ2) is 6.53. The summed E-state index contributed by atoms with van der Waals surface area (Å²) in [6.45, 7) is 6.07. The van der Waals surface area contributed by atoms with Gasteiger partial charge < -0.3 is 10.5 Å². The maximum Gasteiger partial charge on any atom is 0.126 e. The van der Waals surface area contributed by atoms with Gasteiger partial charge in [0.05, 0.1) is 18.1 Å². The predicted octanol–water partition coefficient (Wildman–Crippen LogP) is 3.55. The first-order chi connectivity index (χ1) is 8.85. The summed E-state index contributed by atoms with van der Waals surface area (Å²) in [5.74, 6) is 0.154. The van der Waals surface area contributed by atoms with Crippen molar-refractivity contribution in [1.29, 1.82) is 5.26 Å². The monoisotopic (exact) mass is 264 g/mol. The van der Waals surface area contributed by atoms with E-state index in [4.69, 9.17) is 15.7 Å². The number of halogens is 1. The average Bonchev–Trinajstić information content (AvgIpc) is 2.34. The maximum absolute atomic E-state index is 13.2. The molecule has 0 saturated heterocycles. The van der Waals surface area contributed by atoms with Gasteiger partial charge in [-0.05, 0) is 39.7 Å². The molecular weight excluding hydrogens is 243 g/mol. The smallest absolute Gasteiger partial charge is 0.126 e. The molecule has 1 aromatic carbocycles. The van der Waals surface area contributed by atoms with Gasteiger partial charge in [0.1, 0.15) is 11.6 Å². The molecule has 0 spiro atoms. The SMILES string of the molecule is CC(N)c1ccc(F)cc1OCCCC(C)(C)C#N. The molecule has 0 fully saturated rings. The van der Waals surface area contributed by atoms with E-state index in [2.05, 4.69) is 6.07 Å². The van der Waals surface area contributed by atoms with E-state index in [0.29, 0.717) is 12.4 Å². The van der Waals surface area contributed by atoms with Crippen LogP contribution >= 0.6 is 0 Å². The Hall–Kier alpha value is -1.60. The molecule has 1 unspecified atom stereocenters. The van der Waals surface area contributed by atoms with E-state index in [-0.39, 0.29) is 17.3 Å². The fourth-order valence-electron chi connectivity index (χ4n) is 1.76. The Balaban J connectivity index is 2.58. The van der Waals surface area contributed by atoms with Crippen molar-refractivity contribution in [3.63, 3.8) is 0 Å². The van der Waals surface area contributed by atoms with E-state index in [1.54, 1.807) is 6.07 Å². The Morgan fingerprint density at radius 2 is 2.16 bits per heavy atom. The van der Waals surface area contributed by atoms with Gasteiger partial charge in [0, 0.05) is 17.7 Å². The molecule has 0 amide bonds. The number of nitrogens with two attached hydrogens (primary N) is 1. The van der Waals surface area contributed by atoms with Gasteiger partial charge in [0.15, 0.2) is 0 Å². The molecule has 1 atom stereocenters. The molecule has 0 aliphatic rings. The van der Waals surface area contributed by atoms with Gasteiger partial charge in [0.2, 0.25) is 0 Å².